The second-order valence-corrected chi connectivity index (χ2v) is 14.5. The number of thiophene rings is 1. The molecule has 0 radical (unpaired) electrons. The first-order valence-electron chi connectivity index (χ1n) is 15.2. The molecule has 2 fully saturated rings. The average Bonchev–Trinajstić information content (AvgIpc) is 3.68. The highest BCUT2D eigenvalue weighted by atomic mass is 32.2. The second kappa shape index (κ2) is 12.6. The molecule has 3 aliphatic rings. The van der Waals surface area contributed by atoms with Crippen molar-refractivity contribution in [1.82, 2.24) is 20.0 Å². The summed E-state index contributed by atoms with van der Waals surface area (Å²) in [6.07, 6.45) is 2.20. The Morgan fingerprint density at radius 2 is 1.73 bits per heavy atom. The highest BCUT2D eigenvalue weighted by molar-refractivity contribution is 7.95. The number of hydrogen-bond donors (Lipinski definition) is 1. The number of hydrogen-bond acceptors (Lipinski definition) is 9. The van der Waals surface area contributed by atoms with E-state index in [1.54, 1.807) is 58.8 Å². The number of ether oxygens (including phenoxy) is 2. The number of anilines is 1. The summed E-state index contributed by atoms with van der Waals surface area (Å²) in [4.78, 5) is 35.6. The third-order valence-electron chi connectivity index (χ3n) is 9.01. The molecule has 0 saturated carbocycles. The van der Waals surface area contributed by atoms with Gasteiger partial charge in [-0.2, -0.15) is 12.7 Å². The number of likely N-dealkylation sites (tertiary alicyclic amines) is 1. The molecule has 240 valence electrons. The van der Waals surface area contributed by atoms with Crippen LogP contribution in [0.2, 0.25) is 0 Å². The van der Waals surface area contributed by atoms with Crippen LogP contribution in [0.25, 0.3) is 0 Å². The number of sulfonamides is 1. The van der Waals surface area contributed by atoms with Crippen LogP contribution in [0.3, 0.4) is 0 Å². The Morgan fingerprint density at radius 1 is 1.00 bits per heavy atom. The highest BCUT2D eigenvalue weighted by Gasteiger charge is 2.59. The van der Waals surface area contributed by atoms with E-state index in [1.165, 1.54) is 13.2 Å². The Bertz CT molecular complexity index is 1650. The Labute approximate surface area is 268 Å². The molecular formula is C32H39N5O6S2. The lowest BCUT2D eigenvalue weighted by Crippen LogP contribution is -2.61. The zero-order valence-corrected chi connectivity index (χ0v) is 27.4. The average molecular weight is 654 g/mol. The van der Waals surface area contributed by atoms with Gasteiger partial charge in [-0.1, -0.05) is 24.3 Å². The Kier molecular flexibility index (Phi) is 8.79. The summed E-state index contributed by atoms with van der Waals surface area (Å²) in [6, 6.07) is 14.8. The molecule has 2 saturated heterocycles. The van der Waals surface area contributed by atoms with E-state index in [4.69, 9.17) is 9.47 Å². The number of carbonyl (C=O) groups excluding carboxylic acids is 2. The van der Waals surface area contributed by atoms with Crippen molar-refractivity contribution < 1.29 is 27.5 Å². The normalized spacial score (nSPS) is 21.5. The van der Waals surface area contributed by atoms with Crippen molar-refractivity contribution in [3.63, 3.8) is 0 Å². The zero-order chi connectivity index (χ0) is 31.8. The molecule has 2 aromatic carbocycles. The maximum atomic E-state index is 14.9. The Balaban J connectivity index is 1.41. The molecule has 1 aromatic heterocycles. The standard InChI is InChI=1S/C32H39N5O6S2/c1-4-43-28-9-6-5-8-25(28)32(33-31(39)36-19-17-35(18-20-36)23-13-15-34(2)16-14-23)26-22-24(42-3)11-12-27(26)37(30(32)38)45(40,41)29-10-7-21-44-29/h5-12,21-23H,4,13-20H2,1-3H3,(H,33,39). The van der Waals surface area contributed by atoms with Crippen LogP contribution < -0.4 is 19.1 Å². The highest BCUT2D eigenvalue weighted by Crippen LogP contribution is 2.50. The monoisotopic (exact) mass is 653 g/mol. The van der Waals surface area contributed by atoms with Crippen molar-refractivity contribution in [3.05, 3.63) is 71.1 Å². The molecule has 45 heavy (non-hydrogen) atoms. The van der Waals surface area contributed by atoms with Gasteiger partial charge in [0.1, 0.15) is 15.7 Å². The molecule has 3 aliphatic heterocycles. The first-order valence-corrected chi connectivity index (χ1v) is 17.6. The number of fused-ring (bicyclic) bond motifs is 1. The molecule has 13 heteroatoms. The molecule has 4 heterocycles. The van der Waals surface area contributed by atoms with E-state index in [0.29, 0.717) is 42.8 Å². The van der Waals surface area contributed by atoms with Crippen molar-refractivity contribution in [1.29, 1.82) is 0 Å². The fourth-order valence-electron chi connectivity index (χ4n) is 6.63. The fraction of sp³-hybridized carbons (Fsp3) is 0.438. The largest absolute Gasteiger partial charge is 0.497 e. The van der Waals surface area contributed by atoms with Gasteiger partial charge in [0.2, 0.25) is 0 Å². The van der Waals surface area contributed by atoms with Crippen LogP contribution in [0.5, 0.6) is 11.5 Å². The first kappa shape index (κ1) is 31.3. The molecule has 6 rings (SSSR count). The van der Waals surface area contributed by atoms with Gasteiger partial charge in [0.25, 0.3) is 15.9 Å². The lowest BCUT2D eigenvalue weighted by molar-refractivity contribution is -0.121. The number of benzene rings is 2. The lowest BCUT2D eigenvalue weighted by Gasteiger charge is -2.43. The number of nitrogens with zero attached hydrogens (tertiary/aromatic N) is 4. The Hall–Kier alpha value is -3.65. The molecule has 3 aromatic rings. The molecule has 1 N–H and O–H groups in total. The molecule has 1 atom stereocenters. The first-order chi connectivity index (χ1) is 21.7. The maximum Gasteiger partial charge on any atom is 0.318 e. The van der Waals surface area contributed by atoms with E-state index in [9.17, 15) is 18.0 Å². The summed E-state index contributed by atoms with van der Waals surface area (Å²) in [7, 11) is -0.682. The van der Waals surface area contributed by atoms with Crippen molar-refractivity contribution in [2.24, 2.45) is 0 Å². The predicted molar refractivity (Wildman–Crippen MR) is 173 cm³/mol. The topological polar surface area (TPSA) is 112 Å². The van der Waals surface area contributed by atoms with Crippen LogP contribution in [-0.4, -0.2) is 101 Å². The molecular weight excluding hydrogens is 615 g/mol. The number of nitrogens with one attached hydrogen (secondary N) is 1. The van der Waals surface area contributed by atoms with Crippen LogP contribution in [-0.2, 0) is 20.4 Å². The van der Waals surface area contributed by atoms with Gasteiger partial charge in [0, 0.05) is 43.3 Å². The van der Waals surface area contributed by atoms with E-state index in [0.717, 1.165) is 54.7 Å². The molecule has 0 spiro atoms. The number of urea groups is 1. The molecule has 1 unspecified atom stereocenters. The number of para-hydroxylation sites is 1. The van der Waals surface area contributed by atoms with Gasteiger partial charge in [-0.3, -0.25) is 9.69 Å². The van der Waals surface area contributed by atoms with Crippen molar-refractivity contribution in [2.45, 2.75) is 35.6 Å². The quantitative estimate of drug-likeness (QED) is 0.393. The predicted octanol–water partition coefficient (Wildman–Crippen LogP) is 3.56. The van der Waals surface area contributed by atoms with E-state index in [-0.39, 0.29) is 15.5 Å². The van der Waals surface area contributed by atoms with Gasteiger partial charge in [0.15, 0.2) is 5.54 Å². The second-order valence-electron chi connectivity index (χ2n) is 11.6. The number of piperidine rings is 1. The third-order valence-corrected chi connectivity index (χ3v) is 12.1. The molecule has 3 amide bonds. The van der Waals surface area contributed by atoms with Crippen LogP contribution >= 0.6 is 11.3 Å². The third kappa shape index (κ3) is 5.56. The minimum Gasteiger partial charge on any atom is -0.497 e. The number of rotatable bonds is 8. The van der Waals surface area contributed by atoms with Crippen molar-refractivity contribution in [3.8, 4) is 11.5 Å². The Morgan fingerprint density at radius 3 is 2.40 bits per heavy atom. The lowest BCUT2D eigenvalue weighted by atomic mass is 9.83. The minimum atomic E-state index is -4.32. The molecule has 0 aliphatic carbocycles. The van der Waals surface area contributed by atoms with Gasteiger partial charge in [-0.15, -0.1) is 11.3 Å². The van der Waals surface area contributed by atoms with Gasteiger partial charge in [-0.05, 0) is 75.6 Å². The van der Waals surface area contributed by atoms with Gasteiger partial charge >= 0.3 is 6.03 Å². The van der Waals surface area contributed by atoms with Gasteiger partial charge < -0.3 is 24.6 Å². The number of methoxy groups -OCH3 is 1. The fourth-order valence-corrected chi connectivity index (χ4v) is 9.16. The maximum absolute atomic E-state index is 14.9. The van der Waals surface area contributed by atoms with Crippen molar-refractivity contribution in [2.75, 3.05) is 64.3 Å². The number of amides is 3. The van der Waals surface area contributed by atoms with E-state index in [1.807, 2.05) is 6.92 Å². The number of piperazine rings is 1. The summed E-state index contributed by atoms with van der Waals surface area (Å²) < 4.78 is 40.5. The van der Waals surface area contributed by atoms with E-state index >= 15 is 0 Å². The number of carbonyl (C=O) groups is 2. The van der Waals surface area contributed by atoms with E-state index in [2.05, 4.69) is 22.2 Å². The van der Waals surface area contributed by atoms with Crippen LogP contribution in [0, 0.1) is 0 Å². The van der Waals surface area contributed by atoms with Crippen LogP contribution in [0.1, 0.15) is 30.9 Å². The summed E-state index contributed by atoms with van der Waals surface area (Å²) in [5.41, 5.74) is -1.14. The van der Waals surface area contributed by atoms with Crippen LogP contribution in [0.4, 0.5) is 10.5 Å². The van der Waals surface area contributed by atoms with Gasteiger partial charge in [0.05, 0.1) is 19.4 Å². The van der Waals surface area contributed by atoms with Gasteiger partial charge in [-0.25, -0.2) is 4.79 Å². The summed E-state index contributed by atoms with van der Waals surface area (Å²) >= 11 is 1.02. The summed E-state index contributed by atoms with van der Waals surface area (Å²) in [6.45, 7) is 6.66. The zero-order valence-electron chi connectivity index (χ0n) is 25.8. The van der Waals surface area contributed by atoms with E-state index < -0.39 is 27.5 Å². The smallest absolute Gasteiger partial charge is 0.318 e. The molecule has 11 nitrogen and oxygen atoms in total. The minimum absolute atomic E-state index is 0.0165. The summed E-state index contributed by atoms with van der Waals surface area (Å²) in [5, 5.41) is 4.70. The van der Waals surface area contributed by atoms with Crippen molar-refractivity contribution >= 4 is 39.0 Å². The SMILES string of the molecule is CCOc1ccccc1C1(NC(=O)N2CCN(C3CCN(C)CC3)CC2)C(=O)N(S(=O)(=O)c2cccs2)c2ccc(OC)cc21. The summed E-state index contributed by atoms with van der Waals surface area (Å²) in [5.74, 6) is -0.0364. The molecule has 0 bridgehead atoms. The van der Waals surface area contributed by atoms with Crippen LogP contribution in [0.15, 0.2) is 64.2 Å².